The Morgan fingerprint density at radius 2 is 2.12 bits per heavy atom. The number of urea groups is 1. The fraction of sp³-hybridized carbons (Fsp3) is 0.583. The van der Waals surface area contributed by atoms with Gasteiger partial charge >= 0.3 is 6.03 Å². The molecule has 1 atom stereocenters. The number of rotatable bonds is 7. The summed E-state index contributed by atoms with van der Waals surface area (Å²) < 4.78 is 14.0. The normalized spacial score (nSPS) is 23.6. The highest BCUT2D eigenvalue weighted by Gasteiger charge is 2.60. The quantitative estimate of drug-likeness (QED) is 0.392. The predicted molar refractivity (Wildman–Crippen MR) is 128 cm³/mol. The molecule has 34 heavy (non-hydrogen) atoms. The Morgan fingerprint density at radius 1 is 1.35 bits per heavy atom. The lowest BCUT2D eigenvalue weighted by Crippen LogP contribution is -2.56. The summed E-state index contributed by atoms with van der Waals surface area (Å²) in [5.74, 6) is 0.386. The molecule has 5 rings (SSSR count). The van der Waals surface area contributed by atoms with Crippen molar-refractivity contribution in [2.45, 2.75) is 69.2 Å². The lowest BCUT2D eigenvalue weighted by Gasteiger charge is -2.45. The number of carbonyl (C=O) groups is 1. The summed E-state index contributed by atoms with van der Waals surface area (Å²) in [5, 5.41) is 31.7. The molecule has 182 valence electrons. The van der Waals surface area contributed by atoms with Gasteiger partial charge in [0.15, 0.2) is 0 Å². The van der Waals surface area contributed by atoms with E-state index >= 15 is 0 Å². The number of aromatic amines is 1. The maximum atomic E-state index is 14.0. The van der Waals surface area contributed by atoms with Crippen molar-refractivity contribution >= 4 is 23.6 Å². The molecule has 2 aromatic rings. The van der Waals surface area contributed by atoms with Gasteiger partial charge in [-0.2, -0.15) is 5.10 Å². The number of anilines is 2. The number of hydrogen-bond acceptors (Lipinski definition) is 6. The maximum absolute atomic E-state index is 14.0. The SMILES string of the molecule is CC(C)(F)CNc1cc(-c2[nH]ncc2NC(=O)N2CCC(O)(C3CC3)CC23CC3)ncc1C=N. The maximum Gasteiger partial charge on any atom is 0.322 e. The molecule has 1 spiro atoms. The highest BCUT2D eigenvalue weighted by molar-refractivity contribution is 5.94. The zero-order valence-corrected chi connectivity index (χ0v) is 19.6. The Morgan fingerprint density at radius 3 is 2.76 bits per heavy atom. The number of nitrogens with zero attached hydrogens (tertiary/aromatic N) is 3. The van der Waals surface area contributed by atoms with Gasteiger partial charge in [0.2, 0.25) is 0 Å². The Bertz CT molecular complexity index is 1100. The Labute approximate surface area is 198 Å². The van der Waals surface area contributed by atoms with Crippen molar-refractivity contribution in [1.29, 1.82) is 5.41 Å². The molecule has 2 aromatic heterocycles. The van der Waals surface area contributed by atoms with Gasteiger partial charge in [-0.3, -0.25) is 10.1 Å². The van der Waals surface area contributed by atoms with Crippen molar-refractivity contribution in [2.75, 3.05) is 23.7 Å². The monoisotopic (exact) mass is 469 g/mol. The molecule has 3 heterocycles. The average Bonchev–Trinajstić information content (AvgIpc) is 3.71. The smallest absolute Gasteiger partial charge is 0.322 e. The van der Waals surface area contributed by atoms with Crippen molar-refractivity contribution in [3.63, 3.8) is 0 Å². The second-order valence-electron chi connectivity index (χ2n) is 10.6. The molecular weight excluding hydrogens is 437 g/mol. The van der Waals surface area contributed by atoms with E-state index < -0.39 is 11.3 Å². The van der Waals surface area contributed by atoms with Crippen molar-refractivity contribution in [3.8, 4) is 11.4 Å². The summed E-state index contributed by atoms with van der Waals surface area (Å²) in [5.41, 5.74) is 0.347. The van der Waals surface area contributed by atoms with Crippen LogP contribution in [-0.2, 0) is 0 Å². The number of alkyl halides is 1. The van der Waals surface area contributed by atoms with Crippen molar-refractivity contribution in [2.24, 2.45) is 5.92 Å². The largest absolute Gasteiger partial charge is 0.389 e. The first kappa shape index (κ1) is 22.8. The average molecular weight is 470 g/mol. The van der Waals surface area contributed by atoms with E-state index in [1.54, 1.807) is 12.3 Å². The Hall–Kier alpha value is -3.01. The number of H-pyrrole nitrogens is 1. The van der Waals surface area contributed by atoms with Crippen LogP contribution in [0.1, 0.15) is 57.9 Å². The Kier molecular flexibility index (Phi) is 5.38. The molecule has 2 aliphatic carbocycles. The lowest BCUT2D eigenvalue weighted by atomic mass is 9.81. The number of halogens is 1. The summed E-state index contributed by atoms with van der Waals surface area (Å²) in [6.45, 7) is 3.57. The summed E-state index contributed by atoms with van der Waals surface area (Å²) in [4.78, 5) is 19.6. The number of amides is 2. The van der Waals surface area contributed by atoms with Crippen LogP contribution >= 0.6 is 0 Å². The molecule has 0 radical (unpaired) electrons. The highest BCUT2D eigenvalue weighted by atomic mass is 19.1. The van der Waals surface area contributed by atoms with Crippen LogP contribution in [0.15, 0.2) is 18.5 Å². The lowest BCUT2D eigenvalue weighted by molar-refractivity contribution is -0.0568. The molecule has 2 saturated carbocycles. The van der Waals surface area contributed by atoms with Gasteiger partial charge in [0.05, 0.1) is 23.2 Å². The van der Waals surface area contributed by atoms with Gasteiger partial charge in [0.25, 0.3) is 0 Å². The summed E-state index contributed by atoms with van der Waals surface area (Å²) in [6, 6.07) is 1.51. The molecule has 9 nitrogen and oxygen atoms in total. The summed E-state index contributed by atoms with van der Waals surface area (Å²) in [6.07, 6.45) is 9.50. The van der Waals surface area contributed by atoms with Crippen LogP contribution in [0, 0.1) is 11.3 Å². The topological polar surface area (TPSA) is 130 Å². The van der Waals surface area contributed by atoms with E-state index in [9.17, 15) is 14.3 Å². The van der Waals surface area contributed by atoms with Crippen molar-refractivity contribution in [1.82, 2.24) is 20.1 Å². The van der Waals surface area contributed by atoms with E-state index in [1.807, 2.05) is 4.90 Å². The predicted octanol–water partition coefficient (Wildman–Crippen LogP) is 3.93. The highest BCUT2D eigenvalue weighted by Crippen LogP contribution is 2.56. The van der Waals surface area contributed by atoms with Gasteiger partial charge in [-0.05, 0) is 64.4 Å². The first-order valence-electron chi connectivity index (χ1n) is 11.9. The van der Waals surface area contributed by atoms with Gasteiger partial charge < -0.3 is 26.0 Å². The van der Waals surface area contributed by atoms with E-state index in [4.69, 9.17) is 5.41 Å². The third kappa shape index (κ3) is 4.38. The van der Waals surface area contributed by atoms with Crippen LogP contribution in [-0.4, -0.2) is 67.3 Å². The number of aliphatic hydroxyl groups is 1. The van der Waals surface area contributed by atoms with Crippen LogP contribution in [0.25, 0.3) is 11.4 Å². The summed E-state index contributed by atoms with van der Waals surface area (Å²) >= 11 is 0. The number of nitrogens with one attached hydrogen (secondary N) is 4. The zero-order chi connectivity index (χ0) is 24.1. The van der Waals surface area contributed by atoms with Gasteiger partial charge in [-0.15, -0.1) is 0 Å². The number of piperidine rings is 1. The van der Waals surface area contributed by atoms with Crippen molar-refractivity contribution in [3.05, 3.63) is 24.0 Å². The summed E-state index contributed by atoms with van der Waals surface area (Å²) in [7, 11) is 0. The van der Waals surface area contributed by atoms with E-state index in [2.05, 4.69) is 25.8 Å². The number of carbonyl (C=O) groups excluding carboxylic acids is 1. The molecule has 3 aliphatic rings. The second-order valence-corrected chi connectivity index (χ2v) is 10.6. The van der Waals surface area contributed by atoms with E-state index in [-0.39, 0.29) is 18.1 Å². The molecule has 5 N–H and O–H groups in total. The van der Waals surface area contributed by atoms with Crippen LogP contribution in [0.2, 0.25) is 0 Å². The van der Waals surface area contributed by atoms with Gasteiger partial charge in [0, 0.05) is 42.3 Å². The fourth-order valence-electron chi connectivity index (χ4n) is 5.11. The Balaban J connectivity index is 1.33. The fourth-order valence-corrected chi connectivity index (χ4v) is 5.11. The number of hydrogen-bond donors (Lipinski definition) is 5. The molecule has 1 unspecified atom stereocenters. The molecule has 0 aromatic carbocycles. The van der Waals surface area contributed by atoms with Gasteiger partial charge in [-0.1, -0.05) is 0 Å². The molecule has 10 heteroatoms. The first-order chi connectivity index (χ1) is 16.1. The minimum Gasteiger partial charge on any atom is -0.389 e. The molecular formula is C24H32FN7O2. The third-order valence-electron chi connectivity index (χ3n) is 7.31. The van der Waals surface area contributed by atoms with Crippen LogP contribution in [0.5, 0.6) is 0 Å². The van der Waals surface area contributed by atoms with E-state index in [0.29, 0.717) is 53.6 Å². The minimum absolute atomic E-state index is 0.0775. The van der Waals surface area contributed by atoms with Gasteiger partial charge in [0.1, 0.15) is 11.4 Å². The van der Waals surface area contributed by atoms with Crippen molar-refractivity contribution < 1.29 is 14.3 Å². The first-order valence-corrected chi connectivity index (χ1v) is 11.9. The van der Waals surface area contributed by atoms with Crippen LogP contribution < -0.4 is 10.6 Å². The number of likely N-dealkylation sites (tertiary alicyclic amines) is 1. The second kappa shape index (κ2) is 8.04. The molecule has 0 bridgehead atoms. The standard InChI is InChI=1S/C24H32FN7O2/c1-22(2,25)14-28-17-9-18(27-11-15(17)10-26)20-19(12-29-31-20)30-21(33)32-8-7-24(34,16-3-4-16)13-23(32)5-6-23/h9-12,16,26,34H,3-8,13-14H2,1-2H3,(H,27,28)(H,29,31)(H,30,33). The van der Waals surface area contributed by atoms with Crippen LogP contribution in [0.3, 0.4) is 0 Å². The molecule has 1 aliphatic heterocycles. The van der Waals surface area contributed by atoms with Crippen LogP contribution in [0.4, 0.5) is 20.6 Å². The number of pyridine rings is 1. The number of aromatic nitrogens is 3. The molecule has 1 saturated heterocycles. The minimum atomic E-state index is -1.42. The zero-order valence-electron chi connectivity index (χ0n) is 19.6. The third-order valence-corrected chi connectivity index (χ3v) is 7.31. The van der Waals surface area contributed by atoms with E-state index in [1.165, 1.54) is 20.0 Å². The van der Waals surface area contributed by atoms with E-state index in [0.717, 1.165) is 31.9 Å². The van der Waals surface area contributed by atoms with Gasteiger partial charge in [-0.25, -0.2) is 9.18 Å². The molecule has 2 amide bonds. The molecule has 3 fully saturated rings.